The van der Waals surface area contributed by atoms with Gasteiger partial charge in [-0.05, 0) is 36.4 Å². The molecule has 1 N–H and O–H groups in total. The zero-order chi connectivity index (χ0) is 15.7. The van der Waals surface area contributed by atoms with Gasteiger partial charge in [0.1, 0.15) is 5.52 Å². The largest absolute Gasteiger partial charge is 0.505 e. The molecule has 110 valence electrons. The molecular weight excluding hydrogens is 300 g/mol. The van der Waals surface area contributed by atoms with E-state index in [2.05, 4.69) is 4.98 Å². The summed E-state index contributed by atoms with van der Waals surface area (Å²) in [6.45, 7) is 0. The van der Waals surface area contributed by atoms with Gasteiger partial charge in [0.05, 0.1) is 5.56 Å². The molecule has 0 bridgehead atoms. The molecule has 0 saturated heterocycles. The van der Waals surface area contributed by atoms with Crippen molar-refractivity contribution in [3.63, 3.8) is 0 Å². The molecule has 0 spiro atoms. The third kappa shape index (κ3) is 2.49. The number of hydrogen-bond donors (Lipinski definition) is 1. The molecule has 0 atom stereocenters. The molecule has 1 aromatic heterocycles. The lowest BCUT2D eigenvalue weighted by Crippen LogP contribution is -2.26. The van der Waals surface area contributed by atoms with E-state index >= 15 is 0 Å². The van der Waals surface area contributed by atoms with E-state index in [1.165, 1.54) is 4.90 Å². The van der Waals surface area contributed by atoms with E-state index in [1.807, 2.05) is 6.07 Å². The van der Waals surface area contributed by atoms with Crippen LogP contribution in [-0.2, 0) is 0 Å². The Morgan fingerprint density at radius 2 is 1.86 bits per heavy atom. The van der Waals surface area contributed by atoms with E-state index in [4.69, 9.17) is 11.6 Å². The van der Waals surface area contributed by atoms with Crippen LogP contribution < -0.4 is 4.90 Å². The van der Waals surface area contributed by atoms with Gasteiger partial charge in [0, 0.05) is 29.3 Å². The van der Waals surface area contributed by atoms with Crippen molar-refractivity contribution in [2.45, 2.75) is 0 Å². The lowest BCUT2D eigenvalue weighted by atomic mass is 10.1. The molecule has 0 fully saturated rings. The van der Waals surface area contributed by atoms with Crippen molar-refractivity contribution < 1.29 is 9.90 Å². The number of pyridine rings is 1. The lowest BCUT2D eigenvalue weighted by Gasteiger charge is -2.18. The first kappa shape index (κ1) is 14.4. The number of nitrogens with zero attached hydrogens (tertiary/aromatic N) is 2. The molecule has 2 aromatic carbocycles. The average molecular weight is 313 g/mol. The van der Waals surface area contributed by atoms with Crippen LogP contribution in [0.5, 0.6) is 5.75 Å². The summed E-state index contributed by atoms with van der Waals surface area (Å²) in [6, 6.07) is 13.9. The van der Waals surface area contributed by atoms with Crippen molar-refractivity contribution >= 4 is 34.1 Å². The fourth-order valence-corrected chi connectivity index (χ4v) is 2.39. The molecule has 1 heterocycles. The minimum atomic E-state index is -0.313. The van der Waals surface area contributed by atoms with Crippen LogP contribution in [0, 0.1) is 0 Å². The van der Waals surface area contributed by atoms with Crippen molar-refractivity contribution in [1.82, 2.24) is 4.98 Å². The van der Waals surface area contributed by atoms with E-state index in [-0.39, 0.29) is 17.2 Å². The maximum atomic E-state index is 12.6. The summed E-state index contributed by atoms with van der Waals surface area (Å²) >= 11 is 5.85. The zero-order valence-electron chi connectivity index (χ0n) is 11.8. The average Bonchev–Trinajstić information content (AvgIpc) is 2.55. The smallest absolute Gasteiger partial charge is 0.261 e. The number of hydrogen-bond acceptors (Lipinski definition) is 3. The van der Waals surface area contributed by atoms with Gasteiger partial charge in [0.2, 0.25) is 0 Å². The van der Waals surface area contributed by atoms with Crippen molar-refractivity contribution in [1.29, 1.82) is 0 Å². The van der Waals surface area contributed by atoms with Gasteiger partial charge in [-0.25, -0.2) is 0 Å². The number of phenolic OH excluding ortho intramolecular Hbond substituents is 1. The van der Waals surface area contributed by atoms with Gasteiger partial charge >= 0.3 is 0 Å². The molecule has 5 heteroatoms. The van der Waals surface area contributed by atoms with Crippen molar-refractivity contribution in [3.8, 4) is 5.75 Å². The molecule has 3 aromatic rings. The quantitative estimate of drug-likeness (QED) is 0.781. The predicted octanol–water partition coefficient (Wildman–Crippen LogP) is 3.87. The summed E-state index contributed by atoms with van der Waals surface area (Å²) in [5.41, 5.74) is 1.32. The summed E-state index contributed by atoms with van der Waals surface area (Å²) in [5.74, 6) is -0.420. The number of rotatable bonds is 2. The van der Waals surface area contributed by atoms with Gasteiger partial charge in [-0.15, -0.1) is 0 Å². The van der Waals surface area contributed by atoms with E-state index in [1.54, 1.807) is 55.7 Å². The van der Waals surface area contributed by atoms with Crippen LogP contribution >= 0.6 is 11.6 Å². The number of aromatic hydroxyl groups is 1. The standard InChI is InChI=1S/C17H13ClN2O2/c1-20(13-7-5-12(18)6-8-13)17(22)14-9-4-11-3-2-10-19-15(11)16(14)21/h2-10,21H,1H3. The third-order valence-corrected chi connectivity index (χ3v) is 3.75. The number of carbonyl (C=O) groups excluding carboxylic acids is 1. The second-order valence-electron chi connectivity index (χ2n) is 4.88. The number of aromatic nitrogens is 1. The SMILES string of the molecule is CN(C(=O)c1ccc2cccnc2c1O)c1ccc(Cl)cc1. The lowest BCUT2D eigenvalue weighted by molar-refractivity contribution is 0.0990. The highest BCUT2D eigenvalue weighted by atomic mass is 35.5. The summed E-state index contributed by atoms with van der Waals surface area (Å²) in [7, 11) is 1.65. The topological polar surface area (TPSA) is 53.4 Å². The van der Waals surface area contributed by atoms with Crippen molar-refractivity contribution in [3.05, 3.63) is 65.3 Å². The first-order chi connectivity index (χ1) is 10.6. The second-order valence-corrected chi connectivity index (χ2v) is 5.31. The molecule has 0 aliphatic carbocycles. The van der Waals surface area contributed by atoms with Gasteiger partial charge in [-0.3, -0.25) is 9.78 Å². The summed E-state index contributed by atoms with van der Waals surface area (Å²) in [5, 5.41) is 11.7. The summed E-state index contributed by atoms with van der Waals surface area (Å²) < 4.78 is 0. The zero-order valence-corrected chi connectivity index (χ0v) is 12.6. The number of carbonyl (C=O) groups is 1. The van der Waals surface area contributed by atoms with Crippen LogP contribution in [0.15, 0.2) is 54.7 Å². The minimum Gasteiger partial charge on any atom is -0.505 e. The number of phenols is 1. The molecule has 1 amide bonds. The number of anilines is 1. The summed E-state index contributed by atoms with van der Waals surface area (Å²) in [6.07, 6.45) is 1.58. The second kappa shape index (κ2) is 5.66. The maximum absolute atomic E-state index is 12.6. The Balaban J connectivity index is 2.01. The number of fused-ring (bicyclic) bond motifs is 1. The van der Waals surface area contributed by atoms with Crippen LogP contribution in [0.1, 0.15) is 10.4 Å². The Kier molecular flexibility index (Phi) is 3.69. The van der Waals surface area contributed by atoms with Gasteiger partial charge in [-0.2, -0.15) is 0 Å². The van der Waals surface area contributed by atoms with Crippen molar-refractivity contribution in [2.75, 3.05) is 11.9 Å². The highest BCUT2D eigenvalue weighted by Gasteiger charge is 2.19. The maximum Gasteiger partial charge on any atom is 0.261 e. The highest BCUT2D eigenvalue weighted by molar-refractivity contribution is 6.30. The molecule has 0 radical (unpaired) electrons. The fourth-order valence-electron chi connectivity index (χ4n) is 2.26. The van der Waals surface area contributed by atoms with Crippen LogP contribution in [0.25, 0.3) is 10.9 Å². The van der Waals surface area contributed by atoms with Gasteiger partial charge < -0.3 is 10.0 Å². The van der Waals surface area contributed by atoms with Crippen LogP contribution in [0.4, 0.5) is 5.69 Å². The van der Waals surface area contributed by atoms with Crippen LogP contribution in [0.2, 0.25) is 5.02 Å². The van der Waals surface area contributed by atoms with Gasteiger partial charge in [0.25, 0.3) is 5.91 Å². The third-order valence-electron chi connectivity index (χ3n) is 3.50. The fraction of sp³-hybridized carbons (Fsp3) is 0.0588. The molecular formula is C17H13ClN2O2. The highest BCUT2D eigenvalue weighted by Crippen LogP contribution is 2.29. The first-order valence-corrected chi connectivity index (χ1v) is 7.06. The predicted molar refractivity (Wildman–Crippen MR) is 87.6 cm³/mol. The first-order valence-electron chi connectivity index (χ1n) is 6.68. The Bertz CT molecular complexity index is 847. The normalized spacial score (nSPS) is 10.6. The van der Waals surface area contributed by atoms with Crippen LogP contribution in [-0.4, -0.2) is 23.0 Å². The molecule has 0 aliphatic heterocycles. The molecule has 22 heavy (non-hydrogen) atoms. The monoisotopic (exact) mass is 312 g/mol. The molecule has 4 nitrogen and oxygen atoms in total. The van der Waals surface area contributed by atoms with E-state index in [9.17, 15) is 9.90 Å². The van der Waals surface area contributed by atoms with E-state index in [0.717, 1.165) is 5.39 Å². The molecule has 3 rings (SSSR count). The van der Waals surface area contributed by atoms with Gasteiger partial charge in [-0.1, -0.05) is 23.7 Å². The molecule has 0 unspecified atom stereocenters. The van der Waals surface area contributed by atoms with Crippen LogP contribution in [0.3, 0.4) is 0 Å². The number of benzene rings is 2. The number of halogens is 1. The van der Waals surface area contributed by atoms with Crippen molar-refractivity contribution in [2.24, 2.45) is 0 Å². The van der Waals surface area contributed by atoms with Gasteiger partial charge in [0.15, 0.2) is 5.75 Å². The Morgan fingerprint density at radius 1 is 1.14 bits per heavy atom. The Labute approximate surface area is 132 Å². The minimum absolute atomic E-state index is 0.107. The Morgan fingerprint density at radius 3 is 2.59 bits per heavy atom. The summed E-state index contributed by atoms with van der Waals surface area (Å²) in [4.78, 5) is 18.2. The molecule has 0 aliphatic rings. The molecule has 0 saturated carbocycles. The van der Waals surface area contributed by atoms with E-state index in [0.29, 0.717) is 16.2 Å². The number of amides is 1. The van der Waals surface area contributed by atoms with E-state index < -0.39 is 0 Å². The Hall–Kier alpha value is -2.59.